The average Bonchev–Trinajstić information content (AvgIpc) is 4.19. The van der Waals surface area contributed by atoms with Gasteiger partial charge >= 0.3 is 0 Å². The summed E-state index contributed by atoms with van der Waals surface area (Å²) in [5.41, 5.74) is 20.2. The van der Waals surface area contributed by atoms with Gasteiger partial charge in [-0.3, -0.25) is 0 Å². The maximum Gasteiger partial charge on any atom is 0.160 e. The zero-order valence-corrected chi connectivity index (χ0v) is 40.6. The number of para-hydroxylation sites is 5. The lowest BCUT2D eigenvalue weighted by Gasteiger charge is -2.16. The number of hydrogen-bond donors (Lipinski definition) is 0. The maximum atomic E-state index is 6.12. The van der Waals surface area contributed by atoms with Crippen LogP contribution in [0.1, 0.15) is 0 Å². The van der Waals surface area contributed by atoms with E-state index in [1.807, 2.05) is 30.3 Å². The van der Waals surface area contributed by atoms with Crippen molar-refractivity contribution >= 4 is 65.6 Å². The maximum absolute atomic E-state index is 6.12. The summed E-state index contributed by atoms with van der Waals surface area (Å²) < 4.78 is 11.0. The largest absolute Gasteiger partial charge is 0.456 e. The van der Waals surface area contributed by atoms with Gasteiger partial charge in [0.1, 0.15) is 11.2 Å². The van der Waals surface area contributed by atoms with Crippen molar-refractivity contribution < 1.29 is 4.42 Å². The van der Waals surface area contributed by atoms with Crippen molar-refractivity contribution in [2.75, 3.05) is 0 Å². The van der Waals surface area contributed by atoms with E-state index in [9.17, 15) is 0 Å². The second kappa shape index (κ2) is 17.3. The number of rotatable bonds is 8. The first-order valence-electron chi connectivity index (χ1n) is 25.5. The molecule has 4 heterocycles. The quantitative estimate of drug-likeness (QED) is 0.152. The summed E-state index contributed by atoms with van der Waals surface area (Å²) in [4.78, 5) is 10.3. The summed E-state index contributed by atoms with van der Waals surface area (Å²) in [5.74, 6) is 0.685. The summed E-state index contributed by atoms with van der Waals surface area (Å²) >= 11 is 0. The molecule has 0 N–H and O–H groups in total. The molecule has 0 unspecified atom stereocenters. The number of furan rings is 1. The topological polar surface area (TPSA) is 48.8 Å². The Morgan fingerprint density at radius 1 is 0.240 bits per heavy atom. The van der Waals surface area contributed by atoms with Crippen LogP contribution in [0.5, 0.6) is 0 Å². The third kappa shape index (κ3) is 7.24. The van der Waals surface area contributed by atoms with Gasteiger partial charge in [0.2, 0.25) is 0 Å². The molecule has 0 aliphatic carbocycles. The Labute approximate surface area is 432 Å². The van der Waals surface area contributed by atoms with Crippen LogP contribution in [-0.2, 0) is 0 Å². The highest BCUT2D eigenvalue weighted by Crippen LogP contribution is 2.40. The van der Waals surface area contributed by atoms with Crippen LogP contribution < -0.4 is 0 Å². The van der Waals surface area contributed by atoms with Gasteiger partial charge in [0.15, 0.2) is 5.82 Å². The van der Waals surface area contributed by atoms with Crippen molar-refractivity contribution in [1.29, 1.82) is 0 Å². The van der Waals surface area contributed by atoms with E-state index < -0.39 is 0 Å². The molecule has 5 nitrogen and oxygen atoms in total. The minimum absolute atomic E-state index is 0.685. The Balaban J connectivity index is 0.809. The Hall–Kier alpha value is -10.1. The molecule has 0 aliphatic heterocycles. The van der Waals surface area contributed by atoms with Crippen LogP contribution in [0.2, 0.25) is 0 Å². The molecule has 0 aliphatic rings. The van der Waals surface area contributed by atoms with Gasteiger partial charge in [-0.05, 0) is 106 Å². The molecule has 0 saturated carbocycles. The fourth-order valence-corrected chi connectivity index (χ4v) is 11.3. The second-order valence-electron chi connectivity index (χ2n) is 19.4. The van der Waals surface area contributed by atoms with E-state index in [0.29, 0.717) is 5.82 Å². The van der Waals surface area contributed by atoms with E-state index >= 15 is 0 Å². The molecule has 350 valence electrons. The third-order valence-electron chi connectivity index (χ3n) is 14.9. The van der Waals surface area contributed by atoms with Crippen molar-refractivity contribution in [2.24, 2.45) is 0 Å². The lowest BCUT2D eigenvalue weighted by Crippen LogP contribution is -2.00. The predicted octanol–water partition coefficient (Wildman–Crippen LogP) is 18.6. The summed E-state index contributed by atoms with van der Waals surface area (Å²) in [6, 6.07) is 95.4. The Morgan fingerprint density at radius 2 is 0.640 bits per heavy atom. The van der Waals surface area contributed by atoms with Crippen LogP contribution in [0.3, 0.4) is 0 Å². The molecule has 0 radical (unpaired) electrons. The van der Waals surface area contributed by atoms with Gasteiger partial charge < -0.3 is 13.6 Å². The van der Waals surface area contributed by atoms with E-state index in [4.69, 9.17) is 14.4 Å². The van der Waals surface area contributed by atoms with Crippen molar-refractivity contribution in [2.45, 2.75) is 0 Å². The number of hydrogen-bond acceptors (Lipinski definition) is 3. The summed E-state index contributed by atoms with van der Waals surface area (Å²) in [6.07, 6.45) is 0. The molecule has 0 bridgehead atoms. The SMILES string of the molecule is c1ccc(-c2nc(-c3ccc(-c4cccc(-c5cc(-n6c7ccccc7c7ccccc76)cc(-n6c7ccccc7c7ccccc76)c5)c4)cc3)cc(-c3ccc(-c4ccc5oc6ccccc6c5c4)cc3)n2)cc1. The molecule has 15 rings (SSSR count). The fraction of sp³-hybridized carbons (Fsp3) is 0. The van der Waals surface area contributed by atoms with Gasteiger partial charge in [-0.2, -0.15) is 0 Å². The Morgan fingerprint density at radius 3 is 1.17 bits per heavy atom. The van der Waals surface area contributed by atoms with Crippen molar-refractivity contribution in [3.8, 4) is 78.7 Å². The predicted molar refractivity (Wildman–Crippen MR) is 311 cm³/mol. The molecular formula is C70H44N4O. The molecule has 0 amide bonds. The molecule has 0 saturated heterocycles. The minimum atomic E-state index is 0.685. The highest BCUT2D eigenvalue weighted by molar-refractivity contribution is 6.11. The van der Waals surface area contributed by atoms with E-state index in [0.717, 1.165) is 94.8 Å². The van der Waals surface area contributed by atoms with E-state index in [1.54, 1.807) is 0 Å². The van der Waals surface area contributed by atoms with Crippen molar-refractivity contribution in [1.82, 2.24) is 19.1 Å². The number of fused-ring (bicyclic) bond motifs is 9. The van der Waals surface area contributed by atoms with Gasteiger partial charge in [0, 0.05) is 60.4 Å². The summed E-state index contributed by atoms with van der Waals surface area (Å²) in [5, 5.41) is 7.18. The summed E-state index contributed by atoms with van der Waals surface area (Å²) in [6.45, 7) is 0. The normalized spacial score (nSPS) is 11.7. The molecule has 0 atom stereocenters. The lowest BCUT2D eigenvalue weighted by atomic mass is 9.97. The van der Waals surface area contributed by atoms with E-state index in [1.165, 1.54) is 43.6 Å². The fourth-order valence-electron chi connectivity index (χ4n) is 11.3. The zero-order valence-electron chi connectivity index (χ0n) is 40.6. The molecular weight excluding hydrogens is 913 g/mol. The molecule has 5 heteroatoms. The van der Waals surface area contributed by atoms with Crippen LogP contribution in [0, 0.1) is 0 Å². The monoisotopic (exact) mass is 956 g/mol. The van der Waals surface area contributed by atoms with E-state index in [2.05, 4.69) is 246 Å². The van der Waals surface area contributed by atoms with Gasteiger partial charge in [-0.15, -0.1) is 0 Å². The Kier molecular flexibility index (Phi) is 9.82. The molecule has 11 aromatic carbocycles. The van der Waals surface area contributed by atoms with Gasteiger partial charge in [-0.25, -0.2) is 9.97 Å². The van der Waals surface area contributed by atoms with Crippen LogP contribution in [0.4, 0.5) is 0 Å². The highest BCUT2D eigenvalue weighted by atomic mass is 16.3. The lowest BCUT2D eigenvalue weighted by molar-refractivity contribution is 0.669. The number of nitrogens with zero attached hydrogens (tertiary/aromatic N) is 4. The molecule has 15 aromatic rings. The molecule has 75 heavy (non-hydrogen) atoms. The van der Waals surface area contributed by atoms with Crippen molar-refractivity contribution in [3.05, 3.63) is 267 Å². The van der Waals surface area contributed by atoms with Crippen LogP contribution in [0.25, 0.3) is 144 Å². The van der Waals surface area contributed by atoms with Crippen LogP contribution >= 0.6 is 0 Å². The van der Waals surface area contributed by atoms with Crippen LogP contribution in [0.15, 0.2) is 271 Å². The van der Waals surface area contributed by atoms with Gasteiger partial charge in [-0.1, -0.05) is 194 Å². The first-order chi connectivity index (χ1) is 37.1. The standard InChI is InChI=1S/C70H44N4O/c1-2-15-49(16-3-1)70-71-62(44-63(72-70)48-35-31-46(32-36-48)52-37-38-69-61(42-52)60-23-8-13-28-68(60)75-69)47-33-29-45(30-34-47)50-17-14-18-51(39-50)53-40-54(73-64-24-9-4-19-56(64)57-20-5-10-25-65(57)73)43-55(41-53)74-66-26-11-6-21-58(66)59-22-7-12-27-67(59)74/h1-44H. The van der Waals surface area contributed by atoms with Gasteiger partial charge in [0.25, 0.3) is 0 Å². The first kappa shape index (κ1) is 42.6. The smallest absolute Gasteiger partial charge is 0.160 e. The zero-order chi connectivity index (χ0) is 49.4. The summed E-state index contributed by atoms with van der Waals surface area (Å²) in [7, 11) is 0. The first-order valence-corrected chi connectivity index (χ1v) is 25.5. The van der Waals surface area contributed by atoms with E-state index in [-0.39, 0.29) is 0 Å². The van der Waals surface area contributed by atoms with Gasteiger partial charge in [0.05, 0.1) is 33.5 Å². The molecule has 4 aromatic heterocycles. The highest BCUT2D eigenvalue weighted by Gasteiger charge is 2.19. The van der Waals surface area contributed by atoms with Crippen LogP contribution in [-0.4, -0.2) is 19.1 Å². The Bertz CT molecular complexity index is 4460. The second-order valence-corrected chi connectivity index (χ2v) is 19.4. The van der Waals surface area contributed by atoms with Crippen molar-refractivity contribution in [3.63, 3.8) is 0 Å². The number of benzene rings is 11. The third-order valence-corrected chi connectivity index (χ3v) is 14.9. The average molecular weight is 957 g/mol. The number of aromatic nitrogens is 4. The minimum Gasteiger partial charge on any atom is -0.456 e. The molecule has 0 fully saturated rings. The molecule has 0 spiro atoms.